The van der Waals surface area contributed by atoms with Crippen LogP contribution in [0.25, 0.3) is 0 Å². The fourth-order valence-corrected chi connectivity index (χ4v) is 4.12. The summed E-state index contributed by atoms with van der Waals surface area (Å²) in [5.41, 5.74) is 2.86. The molecular weight excluding hydrogens is 398 g/mol. The molecule has 0 amide bonds. The van der Waals surface area contributed by atoms with Crippen molar-refractivity contribution in [2.24, 2.45) is 0 Å². The number of carbonyl (C=O) groups is 1. The van der Waals surface area contributed by atoms with Gasteiger partial charge in [0.25, 0.3) is 0 Å². The molecule has 1 aliphatic heterocycles. The van der Waals surface area contributed by atoms with Crippen molar-refractivity contribution in [3.05, 3.63) is 65.7 Å². The van der Waals surface area contributed by atoms with E-state index in [9.17, 15) is 4.79 Å². The lowest BCUT2D eigenvalue weighted by atomic mass is 9.96. The first-order chi connectivity index (χ1) is 13.9. The number of ketones is 1. The third-order valence-corrected chi connectivity index (χ3v) is 6.45. The van der Waals surface area contributed by atoms with E-state index in [4.69, 9.17) is 4.74 Å². The van der Waals surface area contributed by atoms with Gasteiger partial charge in [-0.1, -0.05) is 65.7 Å². The zero-order valence-corrected chi connectivity index (χ0v) is 20.2. The fourth-order valence-electron chi connectivity index (χ4n) is 3.56. The van der Waals surface area contributed by atoms with Crippen LogP contribution in [0.1, 0.15) is 57.8 Å². The molecule has 0 bridgehead atoms. The van der Waals surface area contributed by atoms with Crippen LogP contribution < -0.4 is 5.09 Å². The monoisotopic (exact) mass is 432 g/mol. The molecule has 0 radical (unpaired) electrons. The number of benzene rings is 2. The maximum Gasteiger partial charge on any atom is 0.137 e. The quantitative estimate of drug-likeness (QED) is 0.564. The molecule has 1 N–H and O–H groups in total. The number of Topliss-reactive ketones (excluding diaryl/α,β-unsaturated/α-hetero) is 1. The Morgan fingerprint density at radius 2 is 1.72 bits per heavy atom. The smallest absolute Gasteiger partial charge is 0.137 e. The highest BCUT2D eigenvalue weighted by molar-refractivity contribution is 7.18. The summed E-state index contributed by atoms with van der Waals surface area (Å²) in [5, 5.41) is 3.01. The first-order valence-corrected chi connectivity index (χ1v) is 11.3. The van der Waals surface area contributed by atoms with Gasteiger partial charge in [0.2, 0.25) is 0 Å². The van der Waals surface area contributed by atoms with E-state index in [1.807, 2.05) is 56.3 Å². The fraction of sp³-hybridized carbons (Fsp3) is 0.435. The minimum absolute atomic E-state index is 0.0288. The summed E-state index contributed by atoms with van der Waals surface area (Å²) in [6, 6.07) is 18.4. The number of carbonyl (C=O) groups excluding carboxylic acids is 1. The second-order valence-corrected chi connectivity index (χ2v) is 8.31. The number of ether oxygens (including phenoxy) is 1. The minimum Gasteiger partial charge on any atom is -0.369 e. The number of nitrogens with zero attached hydrogens (tertiary/aromatic N) is 1. The Balaban J connectivity index is 0.00000145. The van der Waals surface area contributed by atoms with Crippen LogP contribution in [-0.2, 0) is 16.0 Å². The number of nitrogens with one attached hydrogen (secondary N) is 1. The van der Waals surface area contributed by atoms with Crippen LogP contribution in [-0.4, -0.2) is 22.2 Å². The third-order valence-electron chi connectivity index (χ3n) is 5.11. The standard InChI is InChI=1S/C21H28N2O2P2.C2H6/c1-21(2)23(27)19(20(25-21)16-6-4-3-5-7-16)13-12-18(24)14-15-8-10-17(22-26)11-9-15;1-2/h3-11,19-20,22H,12-14,26-27H2,1-2H3;1-2H3/t19-,20?;/m1./s1. The Kier molecular flexibility index (Phi) is 9.24. The van der Waals surface area contributed by atoms with Crippen LogP contribution >= 0.6 is 18.8 Å². The summed E-state index contributed by atoms with van der Waals surface area (Å²) in [7, 11) is 5.27. The molecule has 3 unspecified atom stereocenters. The van der Waals surface area contributed by atoms with E-state index in [2.05, 4.69) is 54.5 Å². The molecule has 2 aromatic rings. The maximum atomic E-state index is 12.5. The summed E-state index contributed by atoms with van der Waals surface area (Å²) >= 11 is 0. The van der Waals surface area contributed by atoms with Crippen molar-refractivity contribution in [3.63, 3.8) is 0 Å². The van der Waals surface area contributed by atoms with Gasteiger partial charge in [0.15, 0.2) is 0 Å². The predicted octanol–water partition coefficient (Wildman–Crippen LogP) is 5.77. The van der Waals surface area contributed by atoms with Gasteiger partial charge in [0.05, 0.1) is 0 Å². The van der Waals surface area contributed by atoms with Crippen molar-refractivity contribution in [2.45, 2.75) is 64.8 Å². The van der Waals surface area contributed by atoms with Crippen molar-refractivity contribution >= 4 is 30.3 Å². The first kappa shape index (κ1) is 24.0. The third kappa shape index (κ3) is 6.33. The molecule has 1 heterocycles. The second kappa shape index (κ2) is 11.2. The Labute approximate surface area is 180 Å². The molecule has 158 valence electrons. The van der Waals surface area contributed by atoms with Crippen molar-refractivity contribution < 1.29 is 9.53 Å². The van der Waals surface area contributed by atoms with Crippen molar-refractivity contribution in [1.82, 2.24) is 4.67 Å². The molecule has 0 saturated carbocycles. The number of anilines is 1. The van der Waals surface area contributed by atoms with Gasteiger partial charge in [-0.2, -0.15) is 0 Å². The van der Waals surface area contributed by atoms with Gasteiger partial charge < -0.3 is 9.82 Å². The van der Waals surface area contributed by atoms with Crippen LogP contribution in [0.3, 0.4) is 0 Å². The zero-order valence-electron chi connectivity index (χ0n) is 17.9. The van der Waals surface area contributed by atoms with E-state index in [1.54, 1.807) is 0 Å². The molecule has 4 nitrogen and oxygen atoms in total. The van der Waals surface area contributed by atoms with Crippen LogP contribution in [0.2, 0.25) is 0 Å². The maximum absolute atomic E-state index is 12.5. The predicted molar refractivity (Wildman–Crippen MR) is 129 cm³/mol. The topological polar surface area (TPSA) is 41.6 Å². The molecule has 29 heavy (non-hydrogen) atoms. The van der Waals surface area contributed by atoms with Gasteiger partial charge in [-0.25, -0.2) is 0 Å². The van der Waals surface area contributed by atoms with E-state index in [0.29, 0.717) is 12.8 Å². The van der Waals surface area contributed by atoms with Gasteiger partial charge in [0.1, 0.15) is 17.6 Å². The van der Waals surface area contributed by atoms with Gasteiger partial charge in [-0.05, 0) is 52.9 Å². The van der Waals surface area contributed by atoms with Crippen LogP contribution in [0.4, 0.5) is 5.69 Å². The van der Waals surface area contributed by atoms with E-state index in [1.165, 1.54) is 0 Å². The molecule has 6 heteroatoms. The highest BCUT2D eigenvalue weighted by Gasteiger charge is 2.45. The largest absolute Gasteiger partial charge is 0.369 e. The van der Waals surface area contributed by atoms with E-state index in [0.717, 1.165) is 23.2 Å². The molecule has 3 rings (SSSR count). The molecule has 2 aromatic carbocycles. The lowest BCUT2D eigenvalue weighted by Gasteiger charge is -2.29. The molecule has 1 aliphatic rings. The summed E-state index contributed by atoms with van der Waals surface area (Å²) < 4.78 is 8.50. The highest BCUT2D eigenvalue weighted by Crippen LogP contribution is 2.44. The van der Waals surface area contributed by atoms with E-state index < -0.39 is 0 Å². The lowest BCUT2D eigenvalue weighted by Crippen LogP contribution is -2.36. The van der Waals surface area contributed by atoms with Gasteiger partial charge in [-0.3, -0.25) is 9.46 Å². The summed E-state index contributed by atoms with van der Waals surface area (Å²) in [5.74, 6) is 0.261. The molecule has 1 saturated heterocycles. The Hall–Kier alpha value is -1.31. The first-order valence-electron chi connectivity index (χ1n) is 10.2. The molecular formula is C23H34N2O2P2. The Bertz CT molecular complexity index is 766. The normalized spacial score (nSPS) is 20.6. The minimum atomic E-state index is -0.375. The Morgan fingerprint density at radius 3 is 2.31 bits per heavy atom. The molecule has 0 aliphatic carbocycles. The molecule has 4 atom stereocenters. The van der Waals surface area contributed by atoms with Gasteiger partial charge in [-0.15, -0.1) is 0 Å². The van der Waals surface area contributed by atoms with E-state index >= 15 is 0 Å². The summed E-state index contributed by atoms with van der Waals surface area (Å²) in [6.45, 7) is 8.14. The van der Waals surface area contributed by atoms with Crippen LogP contribution in [0.5, 0.6) is 0 Å². The summed E-state index contributed by atoms with van der Waals surface area (Å²) in [4.78, 5) is 12.5. The number of rotatable bonds is 7. The molecule has 0 spiro atoms. The van der Waals surface area contributed by atoms with Gasteiger partial charge >= 0.3 is 0 Å². The van der Waals surface area contributed by atoms with Crippen LogP contribution in [0, 0.1) is 0 Å². The molecule has 0 aromatic heterocycles. The highest BCUT2D eigenvalue weighted by atomic mass is 31.0. The lowest BCUT2D eigenvalue weighted by molar-refractivity contribution is -0.118. The average Bonchev–Trinajstić information content (AvgIpc) is 2.98. The van der Waals surface area contributed by atoms with Crippen molar-refractivity contribution in [2.75, 3.05) is 5.09 Å². The second-order valence-electron chi connectivity index (χ2n) is 7.47. The average molecular weight is 432 g/mol. The Morgan fingerprint density at radius 1 is 1.10 bits per heavy atom. The summed E-state index contributed by atoms with van der Waals surface area (Å²) in [6.07, 6.45) is 1.76. The van der Waals surface area contributed by atoms with Crippen molar-refractivity contribution in [3.8, 4) is 0 Å². The SMILES string of the molecule is CC.CC1(C)OC(c2ccccc2)[C@@H](CCC(=O)Cc2ccc(NP)cc2)N1P. The van der Waals surface area contributed by atoms with Crippen LogP contribution in [0.15, 0.2) is 54.6 Å². The van der Waals surface area contributed by atoms with Crippen molar-refractivity contribution in [1.29, 1.82) is 0 Å². The van der Waals surface area contributed by atoms with Gasteiger partial charge in [0, 0.05) is 24.6 Å². The zero-order chi connectivity index (χ0) is 21.4. The number of hydrogen-bond donors (Lipinski definition) is 1. The number of hydrogen-bond acceptors (Lipinski definition) is 4. The molecule has 1 fully saturated rings. The van der Waals surface area contributed by atoms with E-state index in [-0.39, 0.29) is 23.7 Å².